The molecule has 0 aliphatic heterocycles. The van der Waals surface area contributed by atoms with Crippen LogP contribution in [0.5, 0.6) is 0 Å². The van der Waals surface area contributed by atoms with Gasteiger partial charge in [0.15, 0.2) is 5.96 Å². The molecule has 0 spiro atoms. The molecule has 0 fully saturated rings. The van der Waals surface area contributed by atoms with Crippen molar-refractivity contribution in [3.05, 3.63) is 84.2 Å². The van der Waals surface area contributed by atoms with Crippen LogP contribution in [0, 0.1) is 0 Å². The third kappa shape index (κ3) is 8.25. The van der Waals surface area contributed by atoms with E-state index in [2.05, 4.69) is 15.4 Å². The number of aliphatic imine (C=N–C) groups is 1. The quantitative estimate of drug-likeness (QED) is 0.230. The van der Waals surface area contributed by atoms with Gasteiger partial charge >= 0.3 is 0 Å². The highest BCUT2D eigenvalue weighted by molar-refractivity contribution is 14.0. The predicted molar refractivity (Wildman–Crippen MR) is 139 cm³/mol. The van der Waals surface area contributed by atoms with Gasteiger partial charge in [0.2, 0.25) is 0 Å². The molecule has 0 saturated carbocycles. The van der Waals surface area contributed by atoms with Crippen molar-refractivity contribution in [2.75, 3.05) is 26.7 Å². The van der Waals surface area contributed by atoms with Gasteiger partial charge in [0.25, 0.3) is 0 Å². The molecule has 0 radical (unpaired) electrons. The van der Waals surface area contributed by atoms with Crippen molar-refractivity contribution in [1.29, 1.82) is 0 Å². The van der Waals surface area contributed by atoms with Gasteiger partial charge in [-0.2, -0.15) is 5.10 Å². The van der Waals surface area contributed by atoms with Crippen LogP contribution in [0.3, 0.4) is 0 Å². The minimum absolute atomic E-state index is 0. The van der Waals surface area contributed by atoms with E-state index < -0.39 is 6.10 Å². The number of para-hydroxylation sites is 1. The van der Waals surface area contributed by atoms with Crippen LogP contribution in [-0.2, 0) is 17.9 Å². The third-order valence-corrected chi connectivity index (χ3v) is 4.65. The zero-order chi connectivity index (χ0) is 21.9. The lowest BCUT2D eigenvalue weighted by Gasteiger charge is -2.22. The second-order valence-corrected chi connectivity index (χ2v) is 7.33. The van der Waals surface area contributed by atoms with E-state index in [0.717, 1.165) is 29.3 Å². The molecule has 1 aromatic heterocycles. The van der Waals surface area contributed by atoms with Gasteiger partial charge in [0, 0.05) is 31.9 Å². The number of rotatable bonds is 10. The van der Waals surface area contributed by atoms with E-state index in [0.29, 0.717) is 13.2 Å². The molecular formula is C24H32IN5O2. The summed E-state index contributed by atoms with van der Waals surface area (Å²) in [6.07, 6.45) is 3.22. The van der Waals surface area contributed by atoms with Crippen molar-refractivity contribution in [3.8, 4) is 5.69 Å². The number of nitrogens with zero attached hydrogens (tertiary/aromatic N) is 4. The molecule has 0 bridgehead atoms. The van der Waals surface area contributed by atoms with E-state index in [1.165, 1.54) is 0 Å². The predicted octanol–water partition coefficient (Wildman–Crippen LogP) is 3.47. The Morgan fingerprint density at radius 2 is 1.81 bits per heavy atom. The minimum Gasteiger partial charge on any atom is -0.389 e. The molecule has 7 nitrogen and oxygen atoms in total. The number of aliphatic hydroxyl groups excluding tert-OH is 1. The largest absolute Gasteiger partial charge is 0.389 e. The number of ether oxygens (including phenoxy) is 1. The number of halogens is 1. The van der Waals surface area contributed by atoms with Crippen LogP contribution in [0.25, 0.3) is 5.69 Å². The van der Waals surface area contributed by atoms with Crippen molar-refractivity contribution in [2.24, 2.45) is 4.99 Å². The smallest absolute Gasteiger partial charge is 0.194 e. The number of hydrogen-bond donors (Lipinski definition) is 2. The SMILES string of the molecule is CCNC(=NCC(O)COCc1ccccc1)N(C)Cc1cnn(-c2ccccc2)c1.I. The molecule has 2 aromatic carbocycles. The molecule has 2 N–H and O–H groups in total. The lowest BCUT2D eigenvalue weighted by molar-refractivity contribution is 0.0330. The fourth-order valence-corrected chi connectivity index (χ4v) is 3.11. The zero-order valence-corrected chi connectivity index (χ0v) is 20.9. The van der Waals surface area contributed by atoms with Gasteiger partial charge in [-0.25, -0.2) is 4.68 Å². The first-order chi connectivity index (χ1) is 15.2. The van der Waals surface area contributed by atoms with Crippen molar-refractivity contribution in [2.45, 2.75) is 26.2 Å². The maximum absolute atomic E-state index is 10.3. The van der Waals surface area contributed by atoms with Crippen LogP contribution in [0.1, 0.15) is 18.1 Å². The van der Waals surface area contributed by atoms with E-state index >= 15 is 0 Å². The van der Waals surface area contributed by atoms with Crippen LogP contribution in [0.15, 0.2) is 78.0 Å². The first kappa shape index (κ1) is 25.8. The van der Waals surface area contributed by atoms with Gasteiger partial charge < -0.3 is 20.1 Å². The van der Waals surface area contributed by atoms with Crippen molar-refractivity contribution >= 4 is 29.9 Å². The van der Waals surface area contributed by atoms with E-state index in [-0.39, 0.29) is 37.1 Å². The molecule has 1 atom stereocenters. The second-order valence-electron chi connectivity index (χ2n) is 7.33. The molecule has 1 heterocycles. The lowest BCUT2D eigenvalue weighted by Crippen LogP contribution is -2.39. The average Bonchev–Trinajstić information content (AvgIpc) is 3.26. The molecule has 0 aliphatic carbocycles. The van der Waals surface area contributed by atoms with Gasteiger partial charge in [0.1, 0.15) is 0 Å². The number of hydrogen-bond acceptors (Lipinski definition) is 4. The van der Waals surface area contributed by atoms with Gasteiger partial charge in [-0.3, -0.25) is 4.99 Å². The van der Waals surface area contributed by atoms with Gasteiger partial charge in [-0.1, -0.05) is 48.5 Å². The van der Waals surface area contributed by atoms with Crippen LogP contribution >= 0.6 is 24.0 Å². The Kier molecular flexibility index (Phi) is 11.2. The van der Waals surface area contributed by atoms with E-state index in [1.807, 2.05) is 96.6 Å². The molecule has 32 heavy (non-hydrogen) atoms. The van der Waals surface area contributed by atoms with Crippen LogP contribution in [0.2, 0.25) is 0 Å². The fourth-order valence-electron chi connectivity index (χ4n) is 3.11. The Balaban J connectivity index is 0.00000363. The van der Waals surface area contributed by atoms with E-state index in [1.54, 1.807) is 0 Å². The summed E-state index contributed by atoms with van der Waals surface area (Å²) < 4.78 is 7.47. The summed E-state index contributed by atoms with van der Waals surface area (Å²) in [5.74, 6) is 0.733. The monoisotopic (exact) mass is 549 g/mol. The lowest BCUT2D eigenvalue weighted by atomic mass is 10.2. The Morgan fingerprint density at radius 1 is 1.12 bits per heavy atom. The van der Waals surface area contributed by atoms with Gasteiger partial charge in [0.05, 0.1) is 37.7 Å². The van der Waals surface area contributed by atoms with Crippen LogP contribution in [0.4, 0.5) is 0 Å². The number of aromatic nitrogens is 2. The maximum atomic E-state index is 10.3. The first-order valence-electron chi connectivity index (χ1n) is 10.5. The second kappa shape index (κ2) is 13.9. The Labute approximate surface area is 207 Å². The van der Waals surface area contributed by atoms with E-state index in [9.17, 15) is 5.11 Å². The zero-order valence-electron chi connectivity index (χ0n) is 18.6. The van der Waals surface area contributed by atoms with Gasteiger partial charge in [-0.05, 0) is 24.6 Å². The summed E-state index contributed by atoms with van der Waals surface area (Å²) in [5, 5.41) is 18.0. The number of aliphatic hydroxyl groups is 1. The molecule has 0 aliphatic rings. The van der Waals surface area contributed by atoms with Crippen LogP contribution in [-0.4, -0.2) is 58.6 Å². The molecule has 8 heteroatoms. The van der Waals surface area contributed by atoms with Gasteiger partial charge in [-0.15, -0.1) is 24.0 Å². The molecule has 1 unspecified atom stereocenters. The summed E-state index contributed by atoms with van der Waals surface area (Å²) in [6, 6.07) is 19.9. The normalized spacial score (nSPS) is 12.2. The summed E-state index contributed by atoms with van der Waals surface area (Å²) in [5.41, 5.74) is 3.18. The Hall–Kier alpha value is -2.43. The topological polar surface area (TPSA) is 74.9 Å². The molecule has 3 rings (SSSR count). The number of benzene rings is 2. The van der Waals surface area contributed by atoms with Crippen molar-refractivity contribution < 1.29 is 9.84 Å². The molecule has 172 valence electrons. The standard InChI is InChI=1S/C24H31N5O2.HI/c1-3-25-24(26-15-23(30)19-31-18-20-10-6-4-7-11-20)28(2)16-21-14-27-29(17-21)22-12-8-5-9-13-22;/h4-14,17,23,30H,3,15-16,18-19H2,1-2H3,(H,25,26);1H. The fraction of sp³-hybridized carbons (Fsp3) is 0.333. The maximum Gasteiger partial charge on any atom is 0.194 e. The van der Waals surface area contributed by atoms with Crippen molar-refractivity contribution in [1.82, 2.24) is 20.0 Å². The summed E-state index contributed by atoms with van der Waals surface area (Å²) in [6.45, 7) is 4.41. The highest BCUT2D eigenvalue weighted by Crippen LogP contribution is 2.09. The first-order valence-corrected chi connectivity index (χ1v) is 10.5. The molecule has 3 aromatic rings. The van der Waals surface area contributed by atoms with Crippen molar-refractivity contribution in [3.63, 3.8) is 0 Å². The third-order valence-electron chi connectivity index (χ3n) is 4.65. The highest BCUT2D eigenvalue weighted by atomic mass is 127. The Bertz CT molecular complexity index is 934. The van der Waals surface area contributed by atoms with E-state index in [4.69, 9.17) is 4.74 Å². The highest BCUT2D eigenvalue weighted by Gasteiger charge is 2.11. The summed E-state index contributed by atoms with van der Waals surface area (Å²) in [4.78, 5) is 6.60. The number of nitrogens with one attached hydrogen (secondary N) is 1. The minimum atomic E-state index is -0.661. The summed E-state index contributed by atoms with van der Waals surface area (Å²) >= 11 is 0. The molecule has 0 saturated heterocycles. The summed E-state index contributed by atoms with van der Waals surface area (Å²) in [7, 11) is 1.97. The molecule has 0 amide bonds. The Morgan fingerprint density at radius 3 is 2.50 bits per heavy atom. The average molecular weight is 549 g/mol. The van der Waals surface area contributed by atoms with Crippen LogP contribution < -0.4 is 5.32 Å². The molecular weight excluding hydrogens is 517 g/mol. The number of guanidine groups is 1.